The van der Waals surface area contributed by atoms with Crippen LogP contribution in [0, 0.1) is 11.6 Å². The SMILES string of the molecule is O=C(CS(=O)c1ccccc1F)Nc1ccccc1F. The summed E-state index contributed by atoms with van der Waals surface area (Å²) in [6, 6.07) is 11.2. The number of hydrogen-bond acceptors (Lipinski definition) is 2. The Morgan fingerprint density at radius 3 is 2.25 bits per heavy atom. The maximum absolute atomic E-state index is 13.4. The van der Waals surface area contributed by atoms with E-state index in [1.54, 1.807) is 6.07 Å². The number of carbonyl (C=O) groups is 1. The summed E-state index contributed by atoms with van der Waals surface area (Å²) in [7, 11) is -1.81. The number of para-hydroxylation sites is 1. The van der Waals surface area contributed by atoms with Crippen molar-refractivity contribution >= 4 is 22.4 Å². The van der Waals surface area contributed by atoms with Gasteiger partial charge in [-0.3, -0.25) is 9.00 Å². The van der Waals surface area contributed by atoms with Gasteiger partial charge in [-0.2, -0.15) is 0 Å². The third kappa shape index (κ3) is 3.48. The average molecular weight is 295 g/mol. The molecule has 0 aromatic heterocycles. The summed E-state index contributed by atoms with van der Waals surface area (Å²) < 4.78 is 38.6. The quantitative estimate of drug-likeness (QED) is 0.942. The van der Waals surface area contributed by atoms with Crippen molar-refractivity contribution in [2.45, 2.75) is 4.90 Å². The maximum Gasteiger partial charge on any atom is 0.237 e. The molecule has 20 heavy (non-hydrogen) atoms. The van der Waals surface area contributed by atoms with Gasteiger partial charge >= 0.3 is 0 Å². The lowest BCUT2D eigenvalue weighted by Crippen LogP contribution is -2.20. The van der Waals surface area contributed by atoms with E-state index in [1.165, 1.54) is 42.5 Å². The molecule has 0 radical (unpaired) electrons. The third-order valence-corrected chi connectivity index (χ3v) is 3.84. The molecule has 0 aliphatic heterocycles. The number of rotatable bonds is 4. The second kappa shape index (κ2) is 6.38. The van der Waals surface area contributed by atoms with Gasteiger partial charge < -0.3 is 5.32 Å². The first kappa shape index (κ1) is 14.3. The molecule has 0 saturated heterocycles. The highest BCUT2D eigenvalue weighted by molar-refractivity contribution is 7.85. The normalized spacial score (nSPS) is 11.9. The number of carbonyl (C=O) groups excluding carboxylic acids is 1. The minimum Gasteiger partial charge on any atom is -0.323 e. The van der Waals surface area contributed by atoms with Gasteiger partial charge in [0.15, 0.2) is 0 Å². The maximum atomic E-state index is 13.4. The molecule has 1 unspecified atom stereocenters. The van der Waals surface area contributed by atoms with Crippen molar-refractivity contribution in [3.8, 4) is 0 Å². The monoisotopic (exact) mass is 295 g/mol. The molecule has 2 aromatic carbocycles. The molecule has 2 rings (SSSR count). The van der Waals surface area contributed by atoms with Crippen LogP contribution in [0.2, 0.25) is 0 Å². The topological polar surface area (TPSA) is 46.2 Å². The highest BCUT2D eigenvalue weighted by atomic mass is 32.2. The summed E-state index contributed by atoms with van der Waals surface area (Å²) >= 11 is 0. The smallest absolute Gasteiger partial charge is 0.237 e. The van der Waals surface area contributed by atoms with Gasteiger partial charge in [0.2, 0.25) is 5.91 Å². The fourth-order valence-corrected chi connectivity index (χ4v) is 2.56. The standard InChI is InChI=1S/C14H11F2NO2S/c15-10-5-1-3-7-12(10)17-14(18)9-20(19)13-8-4-2-6-11(13)16/h1-8H,9H2,(H,17,18). The summed E-state index contributed by atoms with van der Waals surface area (Å²) in [5.41, 5.74) is 0.00281. The van der Waals surface area contributed by atoms with Gasteiger partial charge in [-0.15, -0.1) is 0 Å². The summed E-state index contributed by atoms with van der Waals surface area (Å²) in [5, 5.41) is 2.30. The summed E-state index contributed by atoms with van der Waals surface area (Å²) in [6.45, 7) is 0. The number of halogens is 2. The first-order chi connectivity index (χ1) is 9.58. The largest absolute Gasteiger partial charge is 0.323 e. The first-order valence-corrected chi connectivity index (χ1v) is 7.07. The minimum atomic E-state index is -1.81. The van der Waals surface area contributed by atoms with Gasteiger partial charge in [0, 0.05) is 0 Å². The first-order valence-electron chi connectivity index (χ1n) is 5.75. The number of benzene rings is 2. The molecule has 0 heterocycles. The highest BCUT2D eigenvalue weighted by Gasteiger charge is 2.14. The zero-order valence-electron chi connectivity index (χ0n) is 10.3. The van der Waals surface area contributed by atoms with Crippen molar-refractivity contribution in [2.24, 2.45) is 0 Å². The van der Waals surface area contributed by atoms with Crippen LogP contribution in [0.15, 0.2) is 53.4 Å². The number of nitrogens with one attached hydrogen (secondary N) is 1. The Morgan fingerprint density at radius 1 is 1.00 bits per heavy atom. The van der Waals surface area contributed by atoms with E-state index < -0.39 is 34.1 Å². The third-order valence-electron chi connectivity index (χ3n) is 2.49. The molecule has 1 atom stereocenters. The van der Waals surface area contributed by atoms with E-state index in [9.17, 15) is 17.8 Å². The fraction of sp³-hybridized carbons (Fsp3) is 0.0714. The van der Waals surface area contributed by atoms with Gasteiger partial charge in [0.25, 0.3) is 0 Å². The average Bonchev–Trinajstić information content (AvgIpc) is 2.41. The van der Waals surface area contributed by atoms with Gasteiger partial charge in [-0.25, -0.2) is 8.78 Å². The molecule has 2 aromatic rings. The number of anilines is 1. The van der Waals surface area contributed by atoms with E-state index in [0.29, 0.717) is 0 Å². The summed E-state index contributed by atoms with van der Waals surface area (Å²) in [4.78, 5) is 11.6. The highest BCUT2D eigenvalue weighted by Crippen LogP contribution is 2.14. The Morgan fingerprint density at radius 2 is 1.60 bits per heavy atom. The van der Waals surface area contributed by atoms with Gasteiger partial charge in [-0.1, -0.05) is 24.3 Å². The van der Waals surface area contributed by atoms with E-state index >= 15 is 0 Å². The molecular weight excluding hydrogens is 284 g/mol. The fourth-order valence-electron chi connectivity index (χ4n) is 1.58. The van der Waals surface area contributed by atoms with Crippen LogP contribution >= 0.6 is 0 Å². The second-order valence-electron chi connectivity index (χ2n) is 3.95. The van der Waals surface area contributed by atoms with Crippen LogP contribution in [0.3, 0.4) is 0 Å². The van der Waals surface area contributed by atoms with Crippen molar-refractivity contribution in [3.05, 3.63) is 60.2 Å². The summed E-state index contributed by atoms with van der Waals surface area (Å²) in [6.07, 6.45) is 0. The van der Waals surface area contributed by atoms with Crippen LogP contribution in [0.1, 0.15) is 0 Å². The van der Waals surface area contributed by atoms with Gasteiger partial charge in [-0.05, 0) is 24.3 Å². The van der Waals surface area contributed by atoms with Gasteiger partial charge in [0.1, 0.15) is 17.4 Å². The molecule has 1 N–H and O–H groups in total. The van der Waals surface area contributed by atoms with Crippen LogP contribution < -0.4 is 5.32 Å². The van der Waals surface area contributed by atoms with E-state index in [0.717, 1.165) is 0 Å². The Hall–Kier alpha value is -2.08. The van der Waals surface area contributed by atoms with E-state index in [4.69, 9.17) is 0 Å². The van der Waals surface area contributed by atoms with Crippen LogP contribution in [-0.4, -0.2) is 15.9 Å². The van der Waals surface area contributed by atoms with Crippen molar-refractivity contribution < 1.29 is 17.8 Å². The zero-order chi connectivity index (χ0) is 14.5. The van der Waals surface area contributed by atoms with E-state index in [-0.39, 0.29) is 10.6 Å². The molecule has 6 heteroatoms. The van der Waals surface area contributed by atoms with Crippen molar-refractivity contribution in [3.63, 3.8) is 0 Å². The lowest BCUT2D eigenvalue weighted by Gasteiger charge is -2.06. The van der Waals surface area contributed by atoms with Crippen LogP contribution in [-0.2, 0) is 15.6 Å². The Labute approximate surface area is 117 Å². The molecular formula is C14H11F2NO2S. The molecule has 3 nitrogen and oxygen atoms in total. The predicted molar refractivity (Wildman–Crippen MR) is 72.7 cm³/mol. The molecule has 0 aliphatic rings. The lowest BCUT2D eigenvalue weighted by molar-refractivity contribution is -0.113. The van der Waals surface area contributed by atoms with Crippen molar-refractivity contribution in [2.75, 3.05) is 11.1 Å². The van der Waals surface area contributed by atoms with Crippen LogP contribution in [0.25, 0.3) is 0 Å². The molecule has 104 valence electrons. The van der Waals surface area contributed by atoms with Crippen molar-refractivity contribution in [1.82, 2.24) is 0 Å². The Kier molecular flexibility index (Phi) is 4.57. The molecule has 0 fully saturated rings. The zero-order valence-corrected chi connectivity index (χ0v) is 11.1. The Balaban J connectivity index is 2.04. The molecule has 0 bridgehead atoms. The van der Waals surface area contributed by atoms with E-state index in [1.807, 2.05) is 0 Å². The van der Waals surface area contributed by atoms with E-state index in [2.05, 4.69) is 5.32 Å². The van der Waals surface area contributed by atoms with Crippen LogP contribution in [0.4, 0.5) is 14.5 Å². The number of amides is 1. The molecule has 0 aliphatic carbocycles. The second-order valence-corrected chi connectivity index (χ2v) is 5.37. The van der Waals surface area contributed by atoms with Gasteiger partial charge in [0.05, 0.1) is 21.4 Å². The molecule has 0 spiro atoms. The summed E-state index contributed by atoms with van der Waals surface area (Å²) in [5.74, 6) is -2.30. The number of hydrogen-bond donors (Lipinski definition) is 1. The van der Waals surface area contributed by atoms with Crippen molar-refractivity contribution in [1.29, 1.82) is 0 Å². The minimum absolute atomic E-state index is 0.00281. The van der Waals surface area contributed by atoms with Crippen LogP contribution in [0.5, 0.6) is 0 Å². The predicted octanol–water partition coefficient (Wildman–Crippen LogP) is 2.71. The lowest BCUT2D eigenvalue weighted by atomic mass is 10.3. The Bertz CT molecular complexity index is 661. The molecule has 0 saturated carbocycles. The molecule has 1 amide bonds.